The lowest BCUT2D eigenvalue weighted by atomic mass is 9.95. The normalized spacial score (nSPS) is 14.3. The van der Waals surface area contributed by atoms with Gasteiger partial charge in [0.25, 0.3) is 5.91 Å². The van der Waals surface area contributed by atoms with Gasteiger partial charge in [0.15, 0.2) is 17.7 Å². The summed E-state index contributed by atoms with van der Waals surface area (Å²) in [6.07, 6.45) is 2.84. The third kappa shape index (κ3) is 3.72. The second-order valence-corrected chi connectivity index (χ2v) is 7.19. The Bertz CT molecular complexity index is 833. The van der Waals surface area contributed by atoms with Crippen LogP contribution in [0, 0.1) is 5.82 Å². The Kier molecular flexibility index (Phi) is 5.56. The van der Waals surface area contributed by atoms with Crippen molar-refractivity contribution >= 4 is 28.2 Å². The highest BCUT2D eigenvalue weighted by molar-refractivity contribution is 7.17. The van der Waals surface area contributed by atoms with Crippen molar-refractivity contribution in [3.8, 4) is 5.75 Å². The van der Waals surface area contributed by atoms with Crippen LogP contribution in [0.1, 0.15) is 40.6 Å². The molecule has 138 valence electrons. The van der Waals surface area contributed by atoms with Crippen LogP contribution in [0.25, 0.3) is 0 Å². The molecule has 1 atom stereocenters. The molecule has 1 N–H and O–H groups in total. The maximum Gasteiger partial charge on any atom is 0.341 e. The van der Waals surface area contributed by atoms with Gasteiger partial charge < -0.3 is 14.8 Å². The molecule has 0 fully saturated rings. The number of hydrogen-bond acceptors (Lipinski definition) is 5. The molecule has 1 unspecified atom stereocenters. The van der Waals surface area contributed by atoms with E-state index in [0.717, 1.165) is 36.1 Å². The fraction of sp³-hybridized carbons (Fsp3) is 0.368. The average molecular weight is 377 g/mol. The van der Waals surface area contributed by atoms with Crippen LogP contribution in [0.15, 0.2) is 24.3 Å². The van der Waals surface area contributed by atoms with Crippen molar-refractivity contribution in [1.29, 1.82) is 0 Å². The number of nitrogens with one attached hydrogen (secondary N) is 1. The minimum absolute atomic E-state index is 0.00816. The van der Waals surface area contributed by atoms with Crippen LogP contribution in [-0.4, -0.2) is 25.1 Å². The molecule has 0 saturated carbocycles. The Morgan fingerprint density at radius 2 is 1.96 bits per heavy atom. The molecule has 3 rings (SSSR count). The molecular weight excluding hydrogens is 357 g/mol. The van der Waals surface area contributed by atoms with E-state index < -0.39 is 23.8 Å². The molecule has 0 bridgehead atoms. The van der Waals surface area contributed by atoms with E-state index in [4.69, 9.17) is 9.47 Å². The molecule has 1 aliphatic rings. The summed E-state index contributed by atoms with van der Waals surface area (Å²) >= 11 is 1.40. The molecule has 1 amide bonds. The Morgan fingerprint density at radius 3 is 2.69 bits per heavy atom. The fourth-order valence-corrected chi connectivity index (χ4v) is 4.25. The lowest BCUT2D eigenvalue weighted by Crippen LogP contribution is -2.30. The van der Waals surface area contributed by atoms with E-state index in [2.05, 4.69) is 5.32 Å². The fourth-order valence-electron chi connectivity index (χ4n) is 2.97. The van der Waals surface area contributed by atoms with Gasteiger partial charge in [0.1, 0.15) is 5.00 Å². The number of halogens is 1. The number of aryl methyl sites for hydroxylation is 1. The van der Waals surface area contributed by atoms with Gasteiger partial charge in [-0.2, -0.15) is 0 Å². The number of hydrogen-bond donors (Lipinski definition) is 1. The van der Waals surface area contributed by atoms with E-state index in [-0.39, 0.29) is 5.75 Å². The van der Waals surface area contributed by atoms with Gasteiger partial charge in [-0.05, 0) is 50.3 Å². The second kappa shape index (κ2) is 7.86. The molecule has 0 radical (unpaired) electrons. The molecule has 7 heteroatoms. The Morgan fingerprint density at radius 1 is 1.23 bits per heavy atom. The van der Waals surface area contributed by atoms with Crippen LogP contribution in [-0.2, 0) is 22.4 Å². The van der Waals surface area contributed by atoms with Crippen molar-refractivity contribution in [2.45, 2.75) is 38.7 Å². The Labute approximate surface area is 155 Å². The maximum absolute atomic E-state index is 13.7. The van der Waals surface area contributed by atoms with Crippen molar-refractivity contribution in [3.05, 3.63) is 46.1 Å². The van der Waals surface area contributed by atoms with Crippen LogP contribution >= 0.6 is 11.3 Å². The number of rotatable bonds is 5. The van der Waals surface area contributed by atoms with Crippen molar-refractivity contribution in [2.24, 2.45) is 0 Å². The van der Waals surface area contributed by atoms with Gasteiger partial charge in [-0.25, -0.2) is 9.18 Å². The van der Waals surface area contributed by atoms with E-state index in [9.17, 15) is 14.0 Å². The Hall–Kier alpha value is -2.41. The zero-order chi connectivity index (χ0) is 18.7. The second-order valence-electron chi connectivity index (χ2n) is 6.09. The van der Waals surface area contributed by atoms with E-state index in [1.807, 2.05) is 0 Å². The summed E-state index contributed by atoms with van der Waals surface area (Å²) in [5, 5.41) is 3.22. The predicted molar refractivity (Wildman–Crippen MR) is 97.4 cm³/mol. The first-order chi connectivity index (χ1) is 12.5. The average Bonchev–Trinajstić information content (AvgIpc) is 3.00. The molecule has 5 nitrogen and oxygen atoms in total. The number of carbonyl (C=O) groups is 2. The number of esters is 1. The first kappa shape index (κ1) is 18.4. The molecule has 0 aliphatic heterocycles. The zero-order valence-corrected chi connectivity index (χ0v) is 15.5. The molecule has 2 aromatic rings. The molecule has 1 aliphatic carbocycles. The highest BCUT2D eigenvalue weighted by Gasteiger charge is 2.28. The molecule has 1 aromatic carbocycles. The minimum Gasteiger partial charge on any atom is -0.478 e. The first-order valence-electron chi connectivity index (χ1n) is 8.46. The summed E-state index contributed by atoms with van der Waals surface area (Å²) in [4.78, 5) is 25.8. The smallest absolute Gasteiger partial charge is 0.341 e. The maximum atomic E-state index is 13.7. The monoisotopic (exact) mass is 377 g/mol. The van der Waals surface area contributed by atoms with Crippen LogP contribution in [0.5, 0.6) is 5.75 Å². The van der Waals surface area contributed by atoms with Crippen LogP contribution in [0.4, 0.5) is 9.39 Å². The van der Waals surface area contributed by atoms with Gasteiger partial charge in [0.05, 0.1) is 12.7 Å². The lowest BCUT2D eigenvalue weighted by Gasteiger charge is -2.15. The van der Waals surface area contributed by atoms with E-state index >= 15 is 0 Å². The molecule has 0 spiro atoms. The number of carbonyl (C=O) groups excluding carboxylic acids is 2. The van der Waals surface area contributed by atoms with E-state index in [0.29, 0.717) is 10.6 Å². The summed E-state index contributed by atoms with van der Waals surface area (Å²) in [6.45, 7) is 1.53. The zero-order valence-electron chi connectivity index (χ0n) is 14.6. The van der Waals surface area contributed by atoms with Crippen molar-refractivity contribution in [2.75, 3.05) is 12.4 Å². The van der Waals surface area contributed by atoms with Crippen LogP contribution in [0.3, 0.4) is 0 Å². The Balaban J connectivity index is 1.79. The van der Waals surface area contributed by atoms with Crippen LogP contribution in [0.2, 0.25) is 0 Å². The van der Waals surface area contributed by atoms with Gasteiger partial charge >= 0.3 is 5.97 Å². The van der Waals surface area contributed by atoms with E-state index in [1.165, 1.54) is 37.5 Å². The number of para-hydroxylation sites is 1. The number of thiophene rings is 1. The summed E-state index contributed by atoms with van der Waals surface area (Å²) in [5.74, 6) is -1.43. The SMILES string of the molecule is COC(=O)c1c(NC(=O)C(C)Oc2ccccc2F)sc2c1CCCC2. The van der Waals surface area contributed by atoms with E-state index in [1.54, 1.807) is 12.1 Å². The highest BCUT2D eigenvalue weighted by Crippen LogP contribution is 2.38. The number of ether oxygens (including phenoxy) is 2. The lowest BCUT2D eigenvalue weighted by molar-refractivity contribution is -0.122. The number of amides is 1. The summed E-state index contributed by atoms with van der Waals surface area (Å²) < 4.78 is 24.0. The third-order valence-corrected chi connectivity index (χ3v) is 5.51. The number of methoxy groups -OCH3 is 1. The first-order valence-corrected chi connectivity index (χ1v) is 9.27. The summed E-state index contributed by atoms with van der Waals surface area (Å²) in [5.41, 5.74) is 1.39. The van der Waals surface area contributed by atoms with Crippen molar-refractivity contribution in [3.63, 3.8) is 0 Å². The predicted octanol–water partition coefficient (Wildman–Crippen LogP) is 3.96. The topological polar surface area (TPSA) is 64.6 Å². The summed E-state index contributed by atoms with van der Waals surface area (Å²) in [6, 6.07) is 5.91. The summed E-state index contributed by atoms with van der Waals surface area (Å²) in [7, 11) is 1.32. The number of anilines is 1. The number of benzene rings is 1. The quantitative estimate of drug-likeness (QED) is 0.801. The third-order valence-electron chi connectivity index (χ3n) is 4.31. The number of fused-ring (bicyclic) bond motifs is 1. The molecule has 26 heavy (non-hydrogen) atoms. The largest absolute Gasteiger partial charge is 0.478 e. The van der Waals surface area contributed by atoms with Crippen LogP contribution < -0.4 is 10.1 Å². The van der Waals surface area contributed by atoms with Crippen molar-refractivity contribution < 1.29 is 23.5 Å². The molecule has 1 aromatic heterocycles. The van der Waals surface area contributed by atoms with Gasteiger partial charge in [-0.15, -0.1) is 11.3 Å². The van der Waals surface area contributed by atoms with Gasteiger partial charge in [-0.3, -0.25) is 4.79 Å². The van der Waals surface area contributed by atoms with Gasteiger partial charge in [-0.1, -0.05) is 12.1 Å². The molecular formula is C19H20FNO4S. The molecule has 1 heterocycles. The van der Waals surface area contributed by atoms with Gasteiger partial charge in [0, 0.05) is 4.88 Å². The standard InChI is InChI=1S/C19H20FNO4S/c1-11(25-14-9-5-4-8-13(14)20)17(22)21-18-16(19(23)24-2)12-7-3-6-10-15(12)26-18/h4-5,8-9,11H,3,6-7,10H2,1-2H3,(H,21,22). The minimum atomic E-state index is -0.920. The highest BCUT2D eigenvalue weighted by atomic mass is 32.1. The van der Waals surface area contributed by atoms with Gasteiger partial charge in [0.2, 0.25) is 0 Å². The van der Waals surface area contributed by atoms with Crippen molar-refractivity contribution in [1.82, 2.24) is 0 Å². The molecule has 0 saturated heterocycles.